The molecule has 4 aromatic rings. The maximum absolute atomic E-state index is 15.4. The van der Waals surface area contributed by atoms with Crippen LogP contribution in [0.2, 0.25) is 0 Å². The van der Waals surface area contributed by atoms with E-state index >= 15 is 4.39 Å². The fraction of sp³-hybridized carbons (Fsp3) is 0.286. The molecule has 0 bridgehead atoms. The van der Waals surface area contributed by atoms with Crippen LogP contribution in [0.15, 0.2) is 35.4 Å². The van der Waals surface area contributed by atoms with Crippen LogP contribution in [0.1, 0.15) is 31.7 Å². The first-order valence-corrected chi connectivity index (χ1v) is 10.0. The minimum Gasteiger partial charge on any atom is -0.383 e. The highest BCUT2D eigenvalue weighted by Crippen LogP contribution is 2.38. The summed E-state index contributed by atoms with van der Waals surface area (Å²) in [5.74, 6) is -0.837. The third kappa shape index (κ3) is 3.11. The van der Waals surface area contributed by atoms with Crippen molar-refractivity contribution in [3.8, 4) is 11.3 Å². The van der Waals surface area contributed by atoms with Gasteiger partial charge in [-0.25, -0.2) is 19.0 Å². The maximum atomic E-state index is 15.4. The number of hydrogen-bond donors (Lipinski definition) is 3. The molecule has 31 heavy (non-hydrogen) atoms. The highest BCUT2D eigenvalue weighted by Gasteiger charge is 2.29. The molecule has 0 atom stereocenters. The topological polar surface area (TPSA) is 146 Å². The van der Waals surface area contributed by atoms with Crippen molar-refractivity contribution in [2.24, 2.45) is 11.7 Å². The molecular weight excluding hydrogens is 401 g/mol. The van der Waals surface area contributed by atoms with Gasteiger partial charge < -0.3 is 16.5 Å². The summed E-state index contributed by atoms with van der Waals surface area (Å²) in [4.78, 5) is 34.2. The predicted octanol–water partition coefficient (Wildman–Crippen LogP) is 2.27. The second-order valence-electron chi connectivity index (χ2n) is 7.87. The number of aromatic nitrogens is 5. The number of aromatic amines is 1. The highest BCUT2D eigenvalue weighted by atomic mass is 19.1. The van der Waals surface area contributed by atoms with E-state index in [4.69, 9.17) is 16.6 Å². The number of halogens is 1. The molecule has 1 aromatic carbocycles. The number of nitrogens with one attached hydrogen (secondary N) is 1. The molecule has 1 amide bonds. The molecule has 10 heteroatoms. The molecule has 0 radical (unpaired) electrons. The molecule has 0 aliphatic heterocycles. The zero-order valence-corrected chi connectivity index (χ0v) is 16.5. The van der Waals surface area contributed by atoms with E-state index < -0.39 is 11.4 Å². The predicted molar refractivity (Wildman–Crippen MR) is 113 cm³/mol. The lowest BCUT2D eigenvalue weighted by Gasteiger charge is -2.27. The van der Waals surface area contributed by atoms with Crippen molar-refractivity contribution in [2.75, 3.05) is 5.73 Å². The molecule has 158 valence electrons. The number of pyridine rings is 1. The van der Waals surface area contributed by atoms with Crippen LogP contribution in [-0.2, 0) is 4.79 Å². The van der Waals surface area contributed by atoms with Crippen molar-refractivity contribution in [1.29, 1.82) is 0 Å². The van der Waals surface area contributed by atoms with Gasteiger partial charge in [0.15, 0.2) is 11.5 Å². The number of H-pyrrole nitrogens is 1. The second kappa shape index (κ2) is 7.15. The summed E-state index contributed by atoms with van der Waals surface area (Å²) in [6.45, 7) is 0. The van der Waals surface area contributed by atoms with Crippen LogP contribution in [0.4, 0.5) is 10.2 Å². The van der Waals surface area contributed by atoms with E-state index in [1.807, 2.05) is 0 Å². The van der Waals surface area contributed by atoms with Gasteiger partial charge in [0.2, 0.25) is 11.5 Å². The molecule has 1 saturated carbocycles. The zero-order chi connectivity index (χ0) is 21.7. The van der Waals surface area contributed by atoms with Gasteiger partial charge in [-0.15, -0.1) is 0 Å². The Hall–Kier alpha value is -3.82. The van der Waals surface area contributed by atoms with Crippen LogP contribution in [0, 0.1) is 11.7 Å². The first-order chi connectivity index (χ1) is 14.9. The van der Waals surface area contributed by atoms with Gasteiger partial charge in [0.05, 0.1) is 16.9 Å². The third-order valence-corrected chi connectivity index (χ3v) is 6.05. The number of carbonyl (C=O) groups excluding carboxylic acids is 1. The standard InChI is InChI=1S/C21H20FN7O2/c22-16-13(7-3-10-4-8-14(30)27-17(10)16)18-15-19(23)25-9-26-21(15)29(28-18)12-5-1-11(2-6-12)20(24)31/h3-4,7-9,11-12H,1-2,5-6H2,(H2,24,31)(H,27,30)(H2,23,25,26). The van der Waals surface area contributed by atoms with Gasteiger partial charge in [-0.1, -0.05) is 6.07 Å². The smallest absolute Gasteiger partial charge is 0.248 e. The fourth-order valence-corrected chi connectivity index (χ4v) is 4.41. The molecule has 1 fully saturated rings. The van der Waals surface area contributed by atoms with Crippen molar-refractivity contribution in [3.05, 3.63) is 46.8 Å². The number of primary amides is 1. The molecular formula is C21H20FN7O2. The van der Waals surface area contributed by atoms with Crippen LogP contribution >= 0.6 is 0 Å². The van der Waals surface area contributed by atoms with Crippen LogP contribution in [0.5, 0.6) is 0 Å². The largest absolute Gasteiger partial charge is 0.383 e. The lowest BCUT2D eigenvalue weighted by Crippen LogP contribution is -2.28. The van der Waals surface area contributed by atoms with Gasteiger partial charge in [-0.05, 0) is 37.8 Å². The summed E-state index contributed by atoms with van der Waals surface area (Å²) < 4.78 is 17.2. The van der Waals surface area contributed by atoms with Gasteiger partial charge in [-0.3, -0.25) is 9.59 Å². The third-order valence-electron chi connectivity index (χ3n) is 6.05. The number of nitrogens with two attached hydrogens (primary N) is 2. The van der Waals surface area contributed by atoms with Crippen molar-refractivity contribution in [3.63, 3.8) is 0 Å². The average Bonchev–Trinajstić information content (AvgIpc) is 3.15. The summed E-state index contributed by atoms with van der Waals surface area (Å²) >= 11 is 0. The Morgan fingerprint density at radius 2 is 1.87 bits per heavy atom. The molecule has 3 heterocycles. The average molecular weight is 421 g/mol. The SMILES string of the molecule is NC(=O)C1CCC(n2nc(-c3ccc4ccc(=O)[nH]c4c3F)c3c(N)ncnc32)CC1. The van der Waals surface area contributed by atoms with E-state index in [1.54, 1.807) is 22.9 Å². The van der Waals surface area contributed by atoms with Gasteiger partial charge >= 0.3 is 0 Å². The Labute approximate surface area is 175 Å². The van der Waals surface area contributed by atoms with Gasteiger partial charge in [0, 0.05) is 22.9 Å². The van der Waals surface area contributed by atoms with Crippen molar-refractivity contribution in [2.45, 2.75) is 31.7 Å². The van der Waals surface area contributed by atoms with Crippen molar-refractivity contribution < 1.29 is 9.18 Å². The van der Waals surface area contributed by atoms with E-state index in [2.05, 4.69) is 15.0 Å². The summed E-state index contributed by atoms with van der Waals surface area (Å²) in [6, 6.07) is 6.21. The summed E-state index contributed by atoms with van der Waals surface area (Å²) in [7, 11) is 0. The normalized spacial score (nSPS) is 19.1. The Bertz CT molecular complexity index is 1390. The molecule has 9 nitrogen and oxygen atoms in total. The number of fused-ring (bicyclic) bond motifs is 2. The number of hydrogen-bond acceptors (Lipinski definition) is 6. The first kappa shape index (κ1) is 19.2. The molecule has 1 aliphatic carbocycles. The van der Waals surface area contributed by atoms with E-state index in [1.165, 1.54) is 12.4 Å². The van der Waals surface area contributed by atoms with Crippen molar-refractivity contribution in [1.82, 2.24) is 24.7 Å². The fourth-order valence-electron chi connectivity index (χ4n) is 4.41. The van der Waals surface area contributed by atoms with Gasteiger partial charge in [0.25, 0.3) is 0 Å². The van der Waals surface area contributed by atoms with E-state index in [0.29, 0.717) is 47.8 Å². The molecule has 5 rings (SSSR count). The lowest BCUT2D eigenvalue weighted by atomic mass is 9.86. The maximum Gasteiger partial charge on any atom is 0.248 e. The number of amides is 1. The lowest BCUT2D eigenvalue weighted by molar-refractivity contribution is -0.122. The van der Waals surface area contributed by atoms with E-state index in [-0.39, 0.29) is 34.8 Å². The minimum absolute atomic E-state index is 0.0236. The number of nitrogen functional groups attached to an aromatic ring is 1. The molecule has 5 N–H and O–H groups in total. The minimum atomic E-state index is -0.595. The summed E-state index contributed by atoms with van der Waals surface area (Å²) in [5.41, 5.74) is 12.3. The monoisotopic (exact) mass is 421 g/mol. The molecule has 0 unspecified atom stereocenters. The molecule has 3 aromatic heterocycles. The van der Waals surface area contributed by atoms with Crippen LogP contribution < -0.4 is 17.0 Å². The van der Waals surface area contributed by atoms with Gasteiger partial charge in [0.1, 0.15) is 17.8 Å². The summed E-state index contributed by atoms with van der Waals surface area (Å²) in [5, 5.41) is 5.71. The van der Waals surface area contributed by atoms with E-state index in [9.17, 15) is 9.59 Å². The molecule has 1 aliphatic rings. The first-order valence-electron chi connectivity index (χ1n) is 10.0. The van der Waals surface area contributed by atoms with Crippen LogP contribution in [0.25, 0.3) is 33.2 Å². The summed E-state index contributed by atoms with van der Waals surface area (Å²) in [6.07, 6.45) is 4.05. The molecule has 0 spiro atoms. The highest BCUT2D eigenvalue weighted by molar-refractivity contribution is 6.00. The van der Waals surface area contributed by atoms with E-state index in [0.717, 1.165) is 0 Å². The Balaban J connectivity index is 1.67. The van der Waals surface area contributed by atoms with Crippen LogP contribution in [-0.4, -0.2) is 30.6 Å². The van der Waals surface area contributed by atoms with Crippen molar-refractivity contribution >= 4 is 33.7 Å². The Morgan fingerprint density at radius 1 is 1.13 bits per heavy atom. The number of rotatable bonds is 3. The number of carbonyl (C=O) groups is 1. The Morgan fingerprint density at radius 3 is 2.61 bits per heavy atom. The Kier molecular flexibility index (Phi) is 4.42. The zero-order valence-electron chi connectivity index (χ0n) is 16.5. The number of anilines is 1. The quantitative estimate of drug-likeness (QED) is 0.463. The number of benzene rings is 1. The van der Waals surface area contributed by atoms with Gasteiger partial charge in [-0.2, -0.15) is 5.10 Å². The molecule has 0 saturated heterocycles. The number of nitrogens with zero attached hydrogens (tertiary/aromatic N) is 4. The second-order valence-corrected chi connectivity index (χ2v) is 7.87. The van der Waals surface area contributed by atoms with Crippen LogP contribution in [0.3, 0.4) is 0 Å².